The van der Waals surface area contributed by atoms with Gasteiger partial charge in [-0.3, -0.25) is 23.7 Å². The van der Waals surface area contributed by atoms with Crippen LogP contribution in [0.1, 0.15) is 27.0 Å². The van der Waals surface area contributed by atoms with Gasteiger partial charge in [0.2, 0.25) is 5.95 Å². The maximum atomic E-state index is 15.6. The second-order valence-corrected chi connectivity index (χ2v) is 11.2. The van der Waals surface area contributed by atoms with Gasteiger partial charge in [0.05, 0.1) is 19.0 Å². The second-order valence-electron chi connectivity index (χ2n) is 8.96. The molecule has 0 aliphatic carbocycles. The molecule has 1 aliphatic heterocycles. The number of aromatic nitrogens is 4. The number of imidazole rings is 1. The molecule has 0 saturated carbocycles. The summed E-state index contributed by atoms with van der Waals surface area (Å²) in [5, 5.41) is 10.2. The van der Waals surface area contributed by atoms with E-state index in [9.17, 15) is 19.3 Å². The number of carbonyl (C=O) groups is 1. The monoisotopic (exact) mass is 588 g/mol. The van der Waals surface area contributed by atoms with E-state index >= 15 is 4.39 Å². The van der Waals surface area contributed by atoms with Gasteiger partial charge in [0.15, 0.2) is 17.4 Å². The van der Waals surface area contributed by atoms with Gasteiger partial charge in [-0.1, -0.05) is 29.8 Å². The molecule has 14 nitrogen and oxygen atoms in total. The van der Waals surface area contributed by atoms with Crippen LogP contribution in [0.4, 0.5) is 10.3 Å². The lowest BCUT2D eigenvalue weighted by Gasteiger charge is -2.25. The Morgan fingerprint density at radius 1 is 1.38 bits per heavy atom. The number of para-hydroxylation sites is 1. The molecule has 0 spiro atoms. The molecule has 39 heavy (non-hydrogen) atoms. The van der Waals surface area contributed by atoms with E-state index in [1.165, 1.54) is 19.1 Å². The van der Waals surface area contributed by atoms with Gasteiger partial charge >= 0.3 is 13.7 Å². The Hall–Kier alpha value is -3.07. The Kier molecular flexibility index (Phi) is 8.30. The fourth-order valence-corrected chi connectivity index (χ4v) is 5.53. The molecule has 0 bridgehead atoms. The number of nitrogens with two attached hydrogens (primary N) is 1. The molecule has 2 aromatic heterocycles. The molecule has 1 aliphatic rings. The highest BCUT2D eigenvalue weighted by Crippen LogP contribution is 2.49. The number of ether oxygens (including phenoxy) is 2. The van der Waals surface area contributed by atoms with Crippen molar-refractivity contribution >= 4 is 42.4 Å². The molecule has 3 heterocycles. The maximum Gasteiger partial charge on any atom is 0.459 e. The summed E-state index contributed by atoms with van der Waals surface area (Å²) in [6.45, 7) is 3.99. The molecule has 1 saturated heterocycles. The standard InChI is InChI=1S/C22H27ClFN6O8P/c1-11(2)36-19(33)12(3)29-39(34,38-13-7-5-4-6-8-13)35-9-14-16(31)22(23,24)20(37-14)30-10-26-15-17(30)27-21(25)28-18(15)32/h4-8,10-12,14,16,20,31H,9H2,1-3H3,(H,29,34)(H3,25,27,28,32)/t12-,14+,16+,20+,22-,39-/m0/s1. The number of halogens is 2. The highest BCUT2D eigenvalue weighted by Gasteiger charge is 2.58. The van der Waals surface area contributed by atoms with Gasteiger partial charge in [0, 0.05) is 0 Å². The molecule has 5 N–H and O–H groups in total. The summed E-state index contributed by atoms with van der Waals surface area (Å²) in [5.41, 5.74) is 4.60. The largest absolute Gasteiger partial charge is 0.462 e. The van der Waals surface area contributed by atoms with E-state index in [2.05, 4.69) is 20.0 Å². The summed E-state index contributed by atoms with van der Waals surface area (Å²) in [6, 6.07) is 6.82. The number of aliphatic hydroxyl groups is 1. The van der Waals surface area contributed by atoms with Crippen molar-refractivity contribution in [3.63, 3.8) is 0 Å². The first-order valence-corrected chi connectivity index (χ1v) is 13.6. The molecule has 3 aromatic rings. The molecule has 1 fully saturated rings. The normalized spacial score (nSPS) is 25.5. The molecule has 212 valence electrons. The number of hydrogen-bond acceptors (Lipinski definition) is 11. The molecule has 0 unspecified atom stereocenters. The number of benzene rings is 1. The van der Waals surface area contributed by atoms with Crippen LogP contribution in [-0.2, 0) is 23.4 Å². The number of anilines is 1. The number of hydrogen-bond donors (Lipinski definition) is 4. The van der Waals surface area contributed by atoms with Gasteiger partial charge in [-0.25, -0.2) is 13.9 Å². The molecule has 4 rings (SSSR count). The molecular weight excluding hydrogens is 562 g/mol. The minimum Gasteiger partial charge on any atom is -0.462 e. The Labute approximate surface area is 226 Å². The van der Waals surface area contributed by atoms with Gasteiger partial charge in [-0.15, -0.1) is 0 Å². The number of rotatable bonds is 10. The van der Waals surface area contributed by atoms with Crippen molar-refractivity contribution in [1.82, 2.24) is 24.6 Å². The molecule has 0 radical (unpaired) electrons. The average Bonchev–Trinajstić information content (AvgIpc) is 3.36. The number of nitrogen functional groups attached to an aromatic ring is 1. The number of fused-ring (bicyclic) bond motifs is 1. The van der Waals surface area contributed by atoms with Crippen LogP contribution in [-0.4, -0.2) is 66.7 Å². The first-order valence-electron chi connectivity index (χ1n) is 11.7. The van der Waals surface area contributed by atoms with Crippen LogP contribution < -0.4 is 20.9 Å². The first kappa shape index (κ1) is 28.9. The van der Waals surface area contributed by atoms with Gasteiger partial charge in [0.1, 0.15) is 24.0 Å². The third-order valence-corrected chi connectivity index (χ3v) is 7.57. The van der Waals surface area contributed by atoms with E-state index in [1.54, 1.807) is 32.0 Å². The highest BCUT2D eigenvalue weighted by molar-refractivity contribution is 7.52. The SMILES string of the molecule is CC(C)OC(=O)[C@H](C)N[P@](=O)(OC[C@H]1O[C@@H](n2cnc3c(=O)[nH]c(N)nc32)[C@](F)(Cl)[C@@H]1O)Oc1ccccc1. The molecule has 0 amide bonds. The van der Waals surface area contributed by atoms with Gasteiger partial charge in [-0.2, -0.15) is 10.1 Å². The predicted octanol–water partition coefficient (Wildman–Crippen LogP) is 2.00. The van der Waals surface area contributed by atoms with Crippen molar-refractivity contribution in [3.8, 4) is 5.75 Å². The van der Waals surface area contributed by atoms with E-state index in [1.807, 2.05) is 0 Å². The lowest BCUT2D eigenvalue weighted by atomic mass is 10.1. The number of H-pyrrole nitrogens is 1. The van der Waals surface area contributed by atoms with Gasteiger partial charge in [0.25, 0.3) is 10.7 Å². The molecule has 17 heteroatoms. The number of nitrogens with one attached hydrogen (secondary N) is 2. The fourth-order valence-electron chi connectivity index (χ4n) is 3.73. The topological polar surface area (TPSA) is 193 Å². The Morgan fingerprint density at radius 3 is 2.74 bits per heavy atom. The molecule has 6 atom stereocenters. The smallest absolute Gasteiger partial charge is 0.459 e. The lowest BCUT2D eigenvalue weighted by Crippen LogP contribution is -2.40. The van der Waals surface area contributed by atoms with Crippen LogP contribution in [0.15, 0.2) is 41.5 Å². The Bertz CT molecular complexity index is 1440. The van der Waals surface area contributed by atoms with Crippen molar-refractivity contribution in [2.24, 2.45) is 0 Å². The molecular formula is C22H27ClFN6O8P. The van der Waals surface area contributed by atoms with Crippen LogP contribution in [0.25, 0.3) is 11.2 Å². The number of nitrogens with zero attached hydrogens (tertiary/aromatic N) is 3. The number of aliphatic hydroxyl groups excluding tert-OH is 1. The number of aromatic amines is 1. The average molecular weight is 589 g/mol. The van der Waals surface area contributed by atoms with E-state index < -0.39 is 61.6 Å². The van der Waals surface area contributed by atoms with Gasteiger partial charge < -0.3 is 24.8 Å². The summed E-state index contributed by atoms with van der Waals surface area (Å²) < 4.78 is 52.0. The van der Waals surface area contributed by atoms with E-state index in [0.717, 1.165) is 10.9 Å². The quantitative estimate of drug-likeness (QED) is 0.153. The Morgan fingerprint density at radius 2 is 2.08 bits per heavy atom. The van der Waals surface area contributed by atoms with Crippen molar-refractivity contribution in [2.75, 3.05) is 12.3 Å². The van der Waals surface area contributed by atoms with Crippen molar-refractivity contribution < 1.29 is 37.4 Å². The van der Waals surface area contributed by atoms with Crippen molar-refractivity contribution in [1.29, 1.82) is 0 Å². The number of carbonyl (C=O) groups excluding carboxylic acids is 1. The first-order chi connectivity index (χ1) is 18.3. The summed E-state index contributed by atoms with van der Waals surface area (Å²) in [4.78, 5) is 34.5. The highest BCUT2D eigenvalue weighted by atomic mass is 35.5. The zero-order valence-corrected chi connectivity index (χ0v) is 22.6. The van der Waals surface area contributed by atoms with E-state index in [4.69, 9.17) is 35.9 Å². The molecule has 1 aromatic carbocycles. The van der Waals surface area contributed by atoms with Gasteiger partial charge in [-0.05, 0) is 32.9 Å². The summed E-state index contributed by atoms with van der Waals surface area (Å²) in [5.74, 6) is -0.846. The second kappa shape index (κ2) is 11.2. The van der Waals surface area contributed by atoms with E-state index in [-0.39, 0.29) is 22.9 Å². The van der Waals surface area contributed by atoms with Crippen LogP contribution >= 0.6 is 19.3 Å². The van der Waals surface area contributed by atoms with Crippen LogP contribution in [0.5, 0.6) is 5.75 Å². The minimum atomic E-state index is -4.35. The third-order valence-electron chi connectivity index (χ3n) is 5.52. The number of alkyl halides is 2. The van der Waals surface area contributed by atoms with Crippen LogP contribution in [0, 0.1) is 0 Å². The van der Waals surface area contributed by atoms with Crippen LogP contribution in [0.2, 0.25) is 0 Å². The van der Waals surface area contributed by atoms with E-state index in [0.29, 0.717) is 0 Å². The van der Waals surface area contributed by atoms with Crippen molar-refractivity contribution in [2.45, 2.75) is 56.5 Å². The zero-order valence-electron chi connectivity index (χ0n) is 21.0. The number of esters is 1. The Balaban J connectivity index is 1.56. The summed E-state index contributed by atoms with van der Waals surface area (Å²) >= 11 is 6.04. The predicted molar refractivity (Wildman–Crippen MR) is 137 cm³/mol. The summed E-state index contributed by atoms with van der Waals surface area (Å²) in [7, 11) is -4.35. The van der Waals surface area contributed by atoms with Crippen LogP contribution in [0.3, 0.4) is 0 Å². The maximum absolute atomic E-state index is 15.6. The lowest BCUT2D eigenvalue weighted by molar-refractivity contribution is -0.149. The summed E-state index contributed by atoms with van der Waals surface area (Å²) in [6.07, 6.45) is -4.60. The fraction of sp³-hybridized carbons (Fsp3) is 0.455. The third kappa shape index (κ3) is 6.24. The zero-order chi connectivity index (χ0) is 28.5. The van der Waals surface area contributed by atoms with Crippen molar-refractivity contribution in [3.05, 3.63) is 47.0 Å². The minimum absolute atomic E-state index is 0.138.